The van der Waals surface area contributed by atoms with E-state index in [1.807, 2.05) is 13.8 Å². The Morgan fingerprint density at radius 2 is 1.83 bits per heavy atom. The van der Waals surface area contributed by atoms with Crippen LogP contribution in [0.15, 0.2) is 0 Å². The highest BCUT2D eigenvalue weighted by atomic mass is 35.5. The molecule has 0 aliphatic heterocycles. The van der Waals surface area contributed by atoms with Crippen LogP contribution in [0.5, 0.6) is 6.01 Å². The molecule has 0 saturated carbocycles. The quantitative estimate of drug-likeness (QED) is 0.840. The fourth-order valence-electron chi connectivity index (χ4n) is 1.39. The van der Waals surface area contributed by atoms with Crippen LogP contribution in [0.4, 0.5) is 0 Å². The highest BCUT2D eigenvalue weighted by molar-refractivity contribution is 6.28. The van der Waals surface area contributed by atoms with E-state index in [2.05, 4.69) is 25.0 Å². The molecule has 18 heavy (non-hydrogen) atoms. The Bertz CT molecular complexity index is 567. The molecule has 7 nitrogen and oxygen atoms in total. The second-order valence-electron chi connectivity index (χ2n) is 3.97. The minimum atomic E-state index is -0.0464. The highest BCUT2D eigenvalue weighted by Gasteiger charge is 2.12. The zero-order valence-electron chi connectivity index (χ0n) is 10.5. The van der Waals surface area contributed by atoms with Gasteiger partial charge in [-0.15, -0.1) is 5.10 Å². The number of aromatic nitrogens is 6. The molecule has 0 aliphatic carbocycles. The van der Waals surface area contributed by atoms with Crippen LogP contribution in [0.1, 0.15) is 25.5 Å². The van der Waals surface area contributed by atoms with E-state index in [0.29, 0.717) is 17.6 Å². The van der Waals surface area contributed by atoms with Crippen molar-refractivity contribution in [1.29, 1.82) is 0 Å². The van der Waals surface area contributed by atoms with Crippen LogP contribution in [0, 0.1) is 13.8 Å². The third-order valence-corrected chi connectivity index (χ3v) is 2.15. The number of nitrogens with zero attached hydrogens (tertiary/aromatic N) is 6. The number of halogens is 1. The summed E-state index contributed by atoms with van der Waals surface area (Å²) in [6.45, 7) is 7.35. The van der Waals surface area contributed by atoms with E-state index < -0.39 is 0 Å². The van der Waals surface area contributed by atoms with Gasteiger partial charge in [0.2, 0.25) is 5.28 Å². The summed E-state index contributed by atoms with van der Waals surface area (Å²) in [5.41, 5.74) is 0. The number of ether oxygens (including phenoxy) is 1. The first kappa shape index (κ1) is 12.7. The molecule has 0 radical (unpaired) electrons. The zero-order chi connectivity index (χ0) is 13.3. The second-order valence-corrected chi connectivity index (χ2v) is 4.31. The predicted octanol–water partition coefficient (Wildman–Crippen LogP) is 1.51. The van der Waals surface area contributed by atoms with Gasteiger partial charge >= 0.3 is 6.01 Å². The maximum Gasteiger partial charge on any atom is 0.322 e. The van der Waals surface area contributed by atoms with Gasteiger partial charge in [0.25, 0.3) is 5.95 Å². The summed E-state index contributed by atoms with van der Waals surface area (Å²) in [7, 11) is 0. The van der Waals surface area contributed by atoms with Crippen molar-refractivity contribution in [3.05, 3.63) is 16.9 Å². The molecule has 2 aromatic heterocycles. The first-order valence-electron chi connectivity index (χ1n) is 5.44. The molecule has 2 aromatic rings. The Hall–Kier alpha value is -1.76. The average molecular weight is 269 g/mol. The number of hydrogen-bond acceptors (Lipinski definition) is 6. The lowest BCUT2D eigenvalue weighted by atomic mass is 10.5. The van der Waals surface area contributed by atoms with E-state index >= 15 is 0 Å². The van der Waals surface area contributed by atoms with Gasteiger partial charge in [-0.2, -0.15) is 19.6 Å². The highest BCUT2D eigenvalue weighted by Crippen LogP contribution is 2.13. The Morgan fingerprint density at radius 1 is 1.11 bits per heavy atom. The van der Waals surface area contributed by atoms with Crippen LogP contribution in [0.3, 0.4) is 0 Å². The van der Waals surface area contributed by atoms with Gasteiger partial charge in [-0.05, 0) is 39.3 Å². The molecule has 2 rings (SSSR count). The summed E-state index contributed by atoms with van der Waals surface area (Å²) in [5, 5.41) is 4.24. The molecule has 0 aliphatic rings. The molecule has 2 heterocycles. The molecular formula is C10H13ClN6O. The molecule has 0 unspecified atom stereocenters. The normalized spacial score (nSPS) is 11.0. The summed E-state index contributed by atoms with van der Waals surface area (Å²) in [6, 6.07) is 0.174. The molecule has 0 atom stereocenters. The molecule has 0 spiro atoms. The van der Waals surface area contributed by atoms with Crippen molar-refractivity contribution in [2.24, 2.45) is 0 Å². The van der Waals surface area contributed by atoms with E-state index in [0.717, 1.165) is 0 Å². The van der Waals surface area contributed by atoms with Gasteiger partial charge in [0.15, 0.2) is 0 Å². The van der Waals surface area contributed by atoms with Gasteiger partial charge in [-0.1, -0.05) is 0 Å². The SMILES string of the molecule is Cc1nc(C)n(-c2nc(Cl)nc(OC(C)C)n2)n1. The molecular weight excluding hydrogens is 256 g/mol. The molecule has 8 heteroatoms. The summed E-state index contributed by atoms with van der Waals surface area (Å²) in [5.74, 6) is 1.60. The van der Waals surface area contributed by atoms with Crippen molar-refractivity contribution in [3.8, 4) is 12.0 Å². The predicted molar refractivity (Wildman–Crippen MR) is 65.0 cm³/mol. The van der Waals surface area contributed by atoms with Crippen molar-refractivity contribution in [1.82, 2.24) is 29.7 Å². The standard InChI is InChI=1S/C10H13ClN6O/c1-5(2)18-10-14-8(11)13-9(15-10)17-7(4)12-6(3)16-17/h5H,1-4H3. The van der Waals surface area contributed by atoms with Crippen LogP contribution in [0.2, 0.25) is 5.28 Å². The van der Waals surface area contributed by atoms with Gasteiger partial charge in [0.1, 0.15) is 11.6 Å². The Kier molecular flexibility index (Phi) is 3.42. The summed E-state index contributed by atoms with van der Waals surface area (Å²) in [4.78, 5) is 16.2. The average Bonchev–Trinajstić information content (AvgIpc) is 2.55. The van der Waals surface area contributed by atoms with Crippen LogP contribution in [-0.2, 0) is 0 Å². The van der Waals surface area contributed by atoms with Crippen LogP contribution < -0.4 is 4.74 Å². The van der Waals surface area contributed by atoms with Gasteiger partial charge < -0.3 is 4.74 Å². The molecule has 0 N–H and O–H groups in total. The van der Waals surface area contributed by atoms with Crippen molar-refractivity contribution >= 4 is 11.6 Å². The minimum absolute atomic E-state index is 0.0464. The zero-order valence-corrected chi connectivity index (χ0v) is 11.3. The first-order chi connectivity index (χ1) is 8.45. The van der Waals surface area contributed by atoms with E-state index in [4.69, 9.17) is 16.3 Å². The van der Waals surface area contributed by atoms with Crippen LogP contribution in [-0.4, -0.2) is 35.8 Å². The fraction of sp³-hybridized carbons (Fsp3) is 0.500. The number of hydrogen-bond donors (Lipinski definition) is 0. The maximum atomic E-state index is 5.84. The Morgan fingerprint density at radius 3 is 2.39 bits per heavy atom. The molecule has 0 amide bonds. The summed E-state index contributed by atoms with van der Waals surface area (Å²) >= 11 is 5.84. The topological polar surface area (TPSA) is 78.6 Å². The van der Waals surface area contributed by atoms with E-state index in [1.54, 1.807) is 13.8 Å². The first-order valence-corrected chi connectivity index (χ1v) is 5.82. The van der Waals surface area contributed by atoms with Gasteiger partial charge in [0, 0.05) is 0 Å². The van der Waals surface area contributed by atoms with E-state index in [1.165, 1.54) is 4.68 Å². The van der Waals surface area contributed by atoms with Crippen molar-refractivity contribution in [2.75, 3.05) is 0 Å². The van der Waals surface area contributed by atoms with Gasteiger partial charge in [-0.3, -0.25) is 0 Å². The van der Waals surface area contributed by atoms with Gasteiger partial charge in [0.05, 0.1) is 6.10 Å². The lowest BCUT2D eigenvalue weighted by Gasteiger charge is -2.08. The van der Waals surface area contributed by atoms with Crippen molar-refractivity contribution < 1.29 is 4.74 Å². The molecule has 96 valence electrons. The van der Waals surface area contributed by atoms with E-state index in [9.17, 15) is 0 Å². The minimum Gasteiger partial charge on any atom is -0.461 e. The fourth-order valence-corrected chi connectivity index (χ4v) is 1.54. The Labute approximate surface area is 109 Å². The summed E-state index contributed by atoms with van der Waals surface area (Å²) in [6.07, 6.45) is -0.0464. The summed E-state index contributed by atoms with van der Waals surface area (Å²) < 4.78 is 6.89. The molecule has 0 bridgehead atoms. The molecule has 0 saturated heterocycles. The smallest absolute Gasteiger partial charge is 0.322 e. The van der Waals surface area contributed by atoms with Gasteiger partial charge in [-0.25, -0.2) is 4.98 Å². The molecule has 0 fully saturated rings. The third-order valence-electron chi connectivity index (χ3n) is 1.98. The third kappa shape index (κ3) is 2.73. The maximum absolute atomic E-state index is 5.84. The number of rotatable bonds is 3. The number of aryl methyl sites for hydroxylation is 2. The lowest BCUT2D eigenvalue weighted by molar-refractivity contribution is 0.221. The lowest BCUT2D eigenvalue weighted by Crippen LogP contribution is -2.12. The van der Waals surface area contributed by atoms with E-state index in [-0.39, 0.29) is 17.4 Å². The Balaban J connectivity index is 2.44. The van der Waals surface area contributed by atoms with Crippen LogP contribution >= 0.6 is 11.6 Å². The largest absolute Gasteiger partial charge is 0.461 e. The monoisotopic (exact) mass is 268 g/mol. The van der Waals surface area contributed by atoms with Crippen LogP contribution in [0.25, 0.3) is 5.95 Å². The van der Waals surface area contributed by atoms with Crippen molar-refractivity contribution in [2.45, 2.75) is 33.8 Å². The molecule has 0 aromatic carbocycles. The second kappa shape index (κ2) is 4.85. The van der Waals surface area contributed by atoms with Crippen molar-refractivity contribution in [3.63, 3.8) is 0 Å².